The monoisotopic (exact) mass is 288 g/mol. The first-order valence-electron chi connectivity index (χ1n) is 5.77. The Morgan fingerprint density at radius 3 is 3.06 bits per heavy atom. The molecule has 1 aromatic heterocycles. The number of thiazole rings is 1. The van der Waals surface area contributed by atoms with Gasteiger partial charge in [-0.05, 0) is 12.2 Å². The Labute approximate surface area is 114 Å². The standard InChI is InChI=1S/C11H16N2O3S2/c1-16-7-8-9(10(14)15)18-11(12-8)13-3-2-5-17-6-4-13/h2-7H2,1H3,(H,14,15). The quantitative estimate of drug-likeness (QED) is 0.913. The number of carbonyl (C=O) groups is 1. The van der Waals surface area contributed by atoms with Crippen LogP contribution in [-0.2, 0) is 11.3 Å². The maximum Gasteiger partial charge on any atom is 0.347 e. The number of methoxy groups -OCH3 is 1. The van der Waals surface area contributed by atoms with E-state index in [1.165, 1.54) is 17.1 Å². The van der Waals surface area contributed by atoms with Gasteiger partial charge in [0.25, 0.3) is 0 Å². The minimum atomic E-state index is -0.921. The summed E-state index contributed by atoms with van der Waals surface area (Å²) in [6.07, 6.45) is 1.12. The molecule has 1 aliphatic heterocycles. The number of ether oxygens (including phenoxy) is 1. The van der Waals surface area contributed by atoms with E-state index >= 15 is 0 Å². The summed E-state index contributed by atoms with van der Waals surface area (Å²) in [7, 11) is 1.55. The second-order valence-electron chi connectivity index (χ2n) is 3.96. The summed E-state index contributed by atoms with van der Waals surface area (Å²) in [6.45, 7) is 2.14. The van der Waals surface area contributed by atoms with E-state index in [9.17, 15) is 4.79 Å². The summed E-state index contributed by atoms with van der Waals surface area (Å²) in [6, 6.07) is 0. The Balaban J connectivity index is 2.21. The van der Waals surface area contributed by atoms with Crippen LogP contribution in [0, 0.1) is 0 Å². The van der Waals surface area contributed by atoms with E-state index in [1.54, 1.807) is 7.11 Å². The van der Waals surface area contributed by atoms with Crippen LogP contribution in [0.25, 0.3) is 0 Å². The van der Waals surface area contributed by atoms with Gasteiger partial charge in [0, 0.05) is 26.0 Å². The molecule has 0 radical (unpaired) electrons. The van der Waals surface area contributed by atoms with Crippen LogP contribution in [0.5, 0.6) is 0 Å². The molecule has 0 saturated carbocycles. The van der Waals surface area contributed by atoms with Crippen LogP contribution in [0.15, 0.2) is 0 Å². The molecule has 0 bridgehead atoms. The third-order valence-corrected chi connectivity index (χ3v) is 4.85. The Morgan fingerprint density at radius 1 is 1.50 bits per heavy atom. The summed E-state index contributed by atoms with van der Waals surface area (Å²) < 4.78 is 5.00. The van der Waals surface area contributed by atoms with Gasteiger partial charge in [-0.2, -0.15) is 11.8 Å². The number of carboxylic acids is 1. The Morgan fingerprint density at radius 2 is 2.33 bits per heavy atom. The van der Waals surface area contributed by atoms with Crippen LogP contribution in [0.4, 0.5) is 5.13 Å². The summed E-state index contributed by atoms with van der Waals surface area (Å²) in [5, 5.41) is 9.96. The Bertz CT molecular complexity index is 414. The minimum absolute atomic E-state index is 0.251. The predicted octanol–water partition coefficient (Wildman–Crippen LogP) is 1.93. The number of nitrogens with zero attached hydrogens (tertiary/aromatic N) is 2. The predicted molar refractivity (Wildman–Crippen MR) is 73.9 cm³/mol. The Kier molecular flexibility index (Phi) is 4.85. The summed E-state index contributed by atoms with van der Waals surface area (Å²) in [4.78, 5) is 18.0. The lowest BCUT2D eigenvalue weighted by atomic mass is 10.4. The van der Waals surface area contributed by atoms with E-state index in [2.05, 4.69) is 9.88 Å². The van der Waals surface area contributed by atoms with Gasteiger partial charge < -0.3 is 14.7 Å². The molecule has 2 rings (SSSR count). The van der Waals surface area contributed by atoms with E-state index in [4.69, 9.17) is 9.84 Å². The first-order valence-corrected chi connectivity index (χ1v) is 7.74. The zero-order valence-electron chi connectivity index (χ0n) is 10.2. The molecule has 1 aliphatic rings. The third kappa shape index (κ3) is 3.15. The largest absolute Gasteiger partial charge is 0.477 e. The van der Waals surface area contributed by atoms with Gasteiger partial charge in [-0.15, -0.1) is 0 Å². The lowest BCUT2D eigenvalue weighted by molar-refractivity contribution is 0.0697. The molecule has 18 heavy (non-hydrogen) atoms. The molecule has 0 aromatic carbocycles. The van der Waals surface area contributed by atoms with Crippen LogP contribution in [0.1, 0.15) is 21.8 Å². The average Bonchev–Trinajstić information content (AvgIpc) is 2.59. The fourth-order valence-electron chi connectivity index (χ4n) is 1.81. The molecule has 0 amide bonds. The molecular weight excluding hydrogens is 272 g/mol. The summed E-state index contributed by atoms with van der Waals surface area (Å²) in [5.41, 5.74) is 0.530. The maximum absolute atomic E-state index is 11.2. The van der Waals surface area contributed by atoms with Crippen molar-refractivity contribution in [3.05, 3.63) is 10.6 Å². The number of rotatable bonds is 4. The first kappa shape index (κ1) is 13.6. The first-order chi connectivity index (χ1) is 8.72. The zero-order valence-corrected chi connectivity index (χ0v) is 11.9. The van der Waals surface area contributed by atoms with E-state index in [1.807, 2.05) is 11.8 Å². The molecule has 7 heteroatoms. The number of aromatic nitrogens is 1. The van der Waals surface area contributed by atoms with Gasteiger partial charge in [-0.25, -0.2) is 9.78 Å². The van der Waals surface area contributed by atoms with Gasteiger partial charge in [0.1, 0.15) is 4.88 Å². The number of thioether (sulfide) groups is 1. The average molecular weight is 288 g/mol. The van der Waals surface area contributed by atoms with Crippen LogP contribution in [0.3, 0.4) is 0 Å². The molecule has 1 aromatic rings. The molecule has 1 saturated heterocycles. The zero-order chi connectivity index (χ0) is 13.0. The van der Waals surface area contributed by atoms with Crippen molar-refractivity contribution in [3.63, 3.8) is 0 Å². The topological polar surface area (TPSA) is 62.7 Å². The molecule has 0 unspecified atom stereocenters. The normalized spacial score (nSPS) is 16.6. The van der Waals surface area contributed by atoms with Crippen LogP contribution >= 0.6 is 23.1 Å². The number of anilines is 1. The Hall–Kier alpha value is -0.790. The molecule has 1 N–H and O–H groups in total. The number of aromatic carboxylic acids is 1. The van der Waals surface area contributed by atoms with Crippen molar-refractivity contribution in [1.29, 1.82) is 0 Å². The lowest BCUT2D eigenvalue weighted by Crippen LogP contribution is -2.25. The van der Waals surface area contributed by atoms with Crippen molar-refractivity contribution in [2.24, 2.45) is 0 Å². The van der Waals surface area contributed by atoms with Gasteiger partial charge in [0.2, 0.25) is 0 Å². The van der Waals surface area contributed by atoms with E-state index < -0.39 is 5.97 Å². The van der Waals surface area contributed by atoms with Crippen molar-refractivity contribution in [3.8, 4) is 0 Å². The molecule has 2 heterocycles. The highest BCUT2D eigenvalue weighted by molar-refractivity contribution is 7.99. The van der Waals surface area contributed by atoms with Crippen molar-refractivity contribution < 1.29 is 14.6 Å². The molecule has 100 valence electrons. The molecule has 1 fully saturated rings. The van der Waals surface area contributed by atoms with Crippen LogP contribution in [-0.4, -0.2) is 47.8 Å². The second kappa shape index (κ2) is 6.40. The number of hydrogen-bond donors (Lipinski definition) is 1. The van der Waals surface area contributed by atoms with E-state index in [-0.39, 0.29) is 6.61 Å². The molecule has 0 spiro atoms. The van der Waals surface area contributed by atoms with Gasteiger partial charge in [0.05, 0.1) is 12.3 Å². The highest BCUT2D eigenvalue weighted by Crippen LogP contribution is 2.28. The second-order valence-corrected chi connectivity index (χ2v) is 6.17. The van der Waals surface area contributed by atoms with Crippen LogP contribution < -0.4 is 4.90 Å². The highest BCUT2D eigenvalue weighted by atomic mass is 32.2. The highest BCUT2D eigenvalue weighted by Gasteiger charge is 2.21. The van der Waals surface area contributed by atoms with Gasteiger partial charge >= 0.3 is 5.97 Å². The van der Waals surface area contributed by atoms with Crippen LogP contribution in [0.2, 0.25) is 0 Å². The van der Waals surface area contributed by atoms with E-state index in [0.29, 0.717) is 10.6 Å². The SMILES string of the molecule is COCc1nc(N2CCCSCC2)sc1C(=O)O. The number of carboxylic acid groups (broad SMARTS) is 1. The third-order valence-electron chi connectivity index (χ3n) is 2.65. The molecular formula is C11H16N2O3S2. The molecule has 5 nitrogen and oxygen atoms in total. The summed E-state index contributed by atoms with van der Waals surface area (Å²) in [5.74, 6) is 1.31. The fraction of sp³-hybridized carbons (Fsp3) is 0.636. The minimum Gasteiger partial charge on any atom is -0.477 e. The fourth-order valence-corrected chi connectivity index (χ4v) is 3.66. The summed E-state index contributed by atoms with van der Waals surface area (Å²) >= 11 is 3.19. The smallest absolute Gasteiger partial charge is 0.347 e. The molecule has 0 atom stereocenters. The van der Waals surface area contributed by atoms with Crippen molar-refractivity contribution in [1.82, 2.24) is 4.98 Å². The van der Waals surface area contributed by atoms with E-state index in [0.717, 1.165) is 30.4 Å². The molecule has 0 aliphatic carbocycles. The van der Waals surface area contributed by atoms with Crippen molar-refractivity contribution in [2.75, 3.05) is 36.6 Å². The maximum atomic E-state index is 11.2. The van der Waals surface area contributed by atoms with Gasteiger partial charge in [-0.3, -0.25) is 0 Å². The lowest BCUT2D eigenvalue weighted by Gasteiger charge is -2.18. The van der Waals surface area contributed by atoms with Crippen molar-refractivity contribution >= 4 is 34.2 Å². The van der Waals surface area contributed by atoms with Gasteiger partial charge in [0.15, 0.2) is 5.13 Å². The van der Waals surface area contributed by atoms with Gasteiger partial charge in [-0.1, -0.05) is 11.3 Å². The van der Waals surface area contributed by atoms with Crippen molar-refractivity contribution in [2.45, 2.75) is 13.0 Å². The number of hydrogen-bond acceptors (Lipinski definition) is 6.